The van der Waals surface area contributed by atoms with Crippen LogP contribution in [0.4, 0.5) is 11.4 Å². The third-order valence-corrected chi connectivity index (χ3v) is 5.88. The van der Waals surface area contributed by atoms with E-state index >= 15 is 0 Å². The van der Waals surface area contributed by atoms with Gasteiger partial charge in [0.05, 0.1) is 26.2 Å². The monoisotopic (exact) mass is 455 g/mol. The van der Waals surface area contributed by atoms with E-state index in [0.717, 1.165) is 28.1 Å². The molecule has 32 heavy (non-hydrogen) atoms. The van der Waals surface area contributed by atoms with Crippen molar-refractivity contribution in [3.63, 3.8) is 0 Å². The van der Waals surface area contributed by atoms with Gasteiger partial charge in [-0.1, -0.05) is 12.1 Å². The van der Waals surface area contributed by atoms with E-state index in [1.54, 1.807) is 36.7 Å². The number of hydrogen-bond acceptors (Lipinski definition) is 6. The largest absolute Gasteiger partial charge is 0.493 e. The summed E-state index contributed by atoms with van der Waals surface area (Å²) >= 11 is 0. The molecule has 8 nitrogen and oxygen atoms in total. The molecule has 3 aromatic rings. The van der Waals surface area contributed by atoms with Crippen LogP contribution in [0, 0.1) is 0 Å². The summed E-state index contributed by atoms with van der Waals surface area (Å²) in [5.41, 5.74) is 3.09. The number of methoxy groups -OCH3 is 2. The number of benzene rings is 2. The number of nitrogens with one attached hydrogen (secondary N) is 1. The zero-order chi connectivity index (χ0) is 23.1. The maximum absolute atomic E-state index is 12.6. The van der Waals surface area contributed by atoms with Crippen molar-refractivity contribution < 1.29 is 22.7 Å². The molecule has 0 bridgehead atoms. The van der Waals surface area contributed by atoms with Crippen molar-refractivity contribution in [3.8, 4) is 11.5 Å². The maximum Gasteiger partial charge on any atom is 0.245 e. The predicted octanol–water partition coefficient (Wildman–Crippen LogP) is 3.09. The number of amides is 1. The Bertz CT molecular complexity index is 1170. The molecule has 0 aliphatic heterocycles. The summed E-state index contributed by atoms with van der Waals surface area (Å²) in [7, 11) is -0.777. The van der Waals surface area contributed by atoms with E-state index < -0.39 is 15.9 Å². The van der Waals surface area contributed by atoms with Crippen LogP contribution in [0.3, 0.4) is 0 Å². The Morgan fingerprint density at radius 2 is 1.56 bits per heavy atom. The van der Waals surface area contributed by atoms with E-state index in [1.165, 1.54) is 20.3 Å². The topological polar surface area (TPSA) is 97.8 Å². The highest BCUT2D eigenvalue weighted by atomic mass is 32.2. The summed E-state index contributed by atoms with van der Waals surface area (Å²) < 4.78 is 36.2. The zero-order valence-electron chi connectivity index (χ0n) is 18.1. The summed E-state index contributed by atoms with van der Waals surface area (Å²) in [5, 5.41) is 2.75. The number of sulfonamides is 1. The first-order chi connectivity index (χ1) is 15.3. The van der Waals surface area contributed by atoms with Crippen molar-refractivity contribution in [1.29, 1.82) is 0 Å². The molecule has 1 aromatic heterocycles. The highest BCUT2D eigenvalue weighted by molar-refractivity contribution is 7.92. The van der Waals surface area contributed by atoms with Crippen molar-refractivity contribution in [2.45, 2.75) is 6.42 Å². The number of hydrogen-bond donors (Lipinski definition) is 1. The van der Waals surface area contributed by atoms with E-state index in [0.29, 0.717) is 22.9 Å². The Kier molecular flexibility index (Phi) is 7.32. The van der Waals surface area contributed by atoms with Crippen molar-refractivity contribution in [1.82, 2.24) is 4.98 Å². The Morgan fingerprint density at radius 3 is 2.16 bits per heavy atom. The van der Waals surface area contributed by atoms with Crippen LogP contribution in [0.5, 0.6) is 11.5 Å². The van der Waals surface area contributed by atoms with E-state index in [2.05, 4.69) is 10.3 Å². The quantitative estimate of drug-likeness (QED) is 0.533. The fraction of sp³-hybridized carbons (Fsp3) is 0.217. The Hall–Kier alpha value is -3.59. The van der Waals surface area contributed by atoms with Crippen LogP contribution in [0.15, 0.2) is 67.0 Å². The molecular weight excluding hydrogens is 430 g/mol. The average Bonchev–Trinajstić information content (AvgIpc) is 2.78. The van der Waals surface area contributed by atoms with Crippen molar-refractivity contribution in [2.24, 2.45) is 0 Å². The van der Waals surface area contributed by atoms with Gasteiger partial charge < -0.3 is 14.8 Å². The molecule has 0 aliphatic carbocycles. The lowest BCUT2D eigenvalue weighted by Gasteiger charge is -2.23. The number of carbonyl (C=O) groups is 1. The van der Waals surface area contributed by atoms with E-state index in [9.17, 15) is 13.2 Å². The van der Waals surface area contributed by atoms with Crippen LogP contribution in [-0.4, -0.2) is 46.3 Å². The van der Waals surface area contributed by atoms with Gasteiger partial charge in [-0.05, 0) is 53.9 Å². The van der Waals surface area contributed by atoms with Gasteiger partial charge in [0.25, 0.3) is 0 Å². The third kappa shape index (κ3) is 5.98. The van der Waals surface area contributed by atoms with Crippen LogP contribution in [0.2, 0.25) is 0 Å². The number of aromatic nitrogens is 1. The normalized spacial score (nSPS) is 11.0. The summed E-state index contributed by atoms with van der Waals surface area (Å²) in [5.74, 6) is 0.358. The number of anilines is 2. The van der Waals surface area contributed by atoms with Gasteiger partial charge in [0.2, 0.25) is 15.9 Å². The lowest BCUT2D eigenvalue weighted by atomic mass is 10.1. The van der Waals surface area contributed by atoms with Crippen LogP contribution in [0.1, 0.15) is 11.1 Å². The molecule has 168 valence electrons. The molecule has 1 heterocycles. The summed E-state index contributed by atoms with van der Waals surface area (Å²) in [4.78, 5) is 16.6. The average molecular weight is 456 g/mol. The molecule has 0 aliphatic rings. The van der Waals surface area contributed by atoms with Crippen LogP contribution in [-0.2, 0) is 21.2 Å². The minimum atomic E-state index is -3.72. The second-order valence-electron chi connectivity index (χ2n) is 7.09. The molecular formula is C23H25N3O5S. The van der Waals surface area contributed by atoms with Crippen molar-refractivity contribution >= 4 is 27.3 Å². The second-order valence-corrected chi connectivity index (χ2v) is 8.99. The van der Waals surface area contributed by atoms with Gasteiger partial charge >= 0.3 is 0 Å². The smallest absolute Gasteiger partial charge is 0.245 e. The first-order valence-electron chi connectivity index (χ1n) is 9.77. The Balaban J connectivity index is 1.71. The Morgan fingerprint density at radius 1 is 0.938 bits per heavy atom. The number of rotatable bonds is 9. The fourth-order valence-electron chi connectivity index (χ4n) is 3.15. The number of carbonyl (C=O) groups excluding carboxylic acids is 1. The molecule has 0 radical (unpaired) electrons. The van der Waals surface area contributed by atoms with Gasteiger partial charge in [0, 0.05) is 24.1 Å². The van der Waals surface area contributed by atoms with Gasteiger partial charge in [0.1, 0.15) is 6.54 Å². The molecule has 0 saturated carbocycles. The number of pyridine rings is 1. The van der Waals surface area contributed by atoms with Crippen LogP contribution >= 0.6 is 0 Å². The van der Waals surface area contributed by atoms with Gasteiger partial charge in [-0.2, -0.15) is 0 Å². The molecule has 0 unspecified atom stereocenters. The highest BCUT2D eigenvalue weighted by Gasteiger charge is 2.22. The molecule has 0 atom stereocenters. The molecule has 9 heteroatoms. The minimum absolute atomic E-state index is 0.299. The summed E-state index contributed by atoms with van der Waals surface area (Å²) in [6.07, 6.45) is 5.29. The molecule has 0 saturated heterocycles. The highest BCUT2D eigenvalue weighted by Crippen LogP contribution is 2.32. The zero-order valence-corrected chi connectivity index (χ0v) is 18.9. The standard InChI is InChI=1S/C23H25N3O5S/c1-30-21-9-8-20(15-22(21)31-2)26(32(3,28)29)16-23(27)25-19-6-4-17(5-7-19)14-18-10-12-24-13-11-18/h4-13,15H,14,16H2,1-3H3,(H,25,27). The van der Waals surface area contributed by atoms with Gasteiger partial charge in [-0.3, -0.25) is 14.1 Å². The lowest BCUT2D eigenvalue weighted by Crippen LogP contribution is -2.37. The van der Waals surface area contributed by atoms with Crippen molar-refractivity contribution in [2.75, 3.05) is 36.6 Å². The number of nitrogens with zero attached hydrogens (tertiary/aromatic N) is 2. The molecule has 1 N–H and O–H groups in total. The summed E-state index contributed by atoms with van der Waals surface area (Å²) in [6.45, 7) is -0.382. The first kappa shape index (κ1) is 23.1. The maximum atomic E-state index is 12.6. The van der Waals surface area contributed by atoms with E-state index in [-0.39, 0.29) is 6.54 Å². The van der Waals surface area contributed by atoms with E-state index in [1.807, 2.05) is 24.3 Å². The van der Waals surface area contributed by atoms with E-state index in [4.69, 9.17) is 9.47 Å². The first-order valence-corrected chi connectivity index (χ1v) is 11.6. The van der Waals surface area contributed by atoms with Crippen LogP contribution in [0.25, 0.3) is 0 Å². The summed E-state index contributed by atoms with van der Waals surface area (Å²) in [6, 6.07) is 16.0. The van der Waals surface area contributed by atoms with Gasteiger partial charge in [-0.15, -0.1) is 0 Å². The molecule has 1 amide bonds. The number of ether oxygens (including phenoxy) is 2. The van der Waals surface area contributed by atoms with Gasteiger partial charge in [0.15, 0.2) is 11.5 Å². The van der Waals surface area contributed by atoms with Gasteiger partial charge in [-0.25, -0.2) is 8.42 Å². The van der Waals surface area contributed by atoms with Crippen LogP contribution < -0.4 is 19.1 Å². The molecule has 3 rings (SSSR count). The molecule has 2 aromatic carbocycles. The molecule has 0 spiro atoms. The predicted molar refractivity (Wildman–Crippen MR) is 124 cm³/mol. The molecule has 0 fully saturated rings. The lowest BCUT2D eigenvalue weighted by molar-refractivity contribution is -0.114. The third-order valence-electron chi connectivity index (χ3n) is 4.74. The second kappa shape index (κ2) is 10.1. The Labute approximate surface area is 187 Å². The SMILES string of the molecule is COc1ccc(N(CC(=O)Nc2ccc(Cc3ccncc3)cc2)S(C)(=O)=O)cc1OC. The van der Waals surface area contributed by atoms with Crippen molar-refractivity contribution in [3.05, 3.63) is 78.1 Å². The minimum Gasteiger partial charge on any atom is -0.493 e. The fourth-order valence-corrected chi connectivity index (χ4v) is 4.00.